The van der Waals surface area contributed by atoms with Gasteiger partial charge in [0, 0.05) is 13.8 Å². The Hall–Kier alpha value is -0.530. The molecule has 1 aliphatic rings. The number of carbonyl (C=O) groups excluding carboxylic acids is 1. The first kappa shape index (κ1) is 3.47. The molecule has 2 heteroatoms. The molecule has 7 heavy (non-hydrogen) atoms. The fourth-order valence-corrected chi connectivity index (χ4v) is 0.677. The molecule has 0 saturated carbocycles. The van der Waals surface area contributed by atoms with Crippen LogP contribution >= 0.6 is 0 Å². The minimum atomic E-state index is 0.0993. The van der Waals surface area contributed by atoms with Gasteiger partial charge in [0.2, 0.25) is 5.91 Å². The molecule has 0 aromatic carbocycles. The average molecular weight is 101 g/mol. The summed E-state index contributed by atoms with van der Waals surface area (Å²) in [6.07, 6.45) is 1.46. The summed E-state index contributed by atoms with van der Waals surface area (Å²) in [6.45, 7) is 0.325. The van der Waals surface area contributed by atoms with E-state index in [1.807, 2.05) is 0 Å². The molecule has 2 nitrogen and oxygen atoms in total. The Morgan fingerprint density at radius 3 is 3.29 bits per heavy atom. The summed E-state index contributed by atoms with van der Waals surface area (Å²) < 4.78 is 6.88. The Morgan fingerprint density at radius 1 is 2.14 bits per heavy atom. The van der Waals surface area contributed by atoms with E-state index in [1.54, 1.807) is 0 Å². The van der Waals surface area contributed by atoms with Crippen LogP contribution in [-0.2, 0) is 4.79 Å². The molecule has 40 valence electrons. The Morgan fingerprint density at radius 2 is 3.00 bits per heavy atom. The first-order chi connectivity index (χ1) is 3.83. The average Bonchev–Trinajstić information content (AvgIpc) is 2.14. The van der Waals surface area contributed by atoms with E-state index in [-0.39, 0.29) is 11.9 Å². The number of nitrogens with one attached hydrogen (secondary N) is 1. The molecular weight excluding hydrogens is 90.1 g/mol. The molecule has 1 aliphatic heterocycles. The second-order valence-electron chi connectivity index (χ2n) is 1.80. The lowest BCUT2D eigenvalue weighted by atomic mass is 10.3. The van der Waals surface area contributed by atoms with Gasteiger partial charge in [-0.2, -0.15) is 0 Å². The molecule has 0 aromatic rings. The zero-order valence-electron chi connectivity index (χ0n) is 5.11. The van der Waals surface area contributed by atoms with E-state index in [0.29, 0.717) is 13.3 Å². The molecule has 1 atom stereocenters. The molecule has 0 aromatic heterocycles. The summed E-state index contributed by atoms with van der Waals surface area (Å²) in [5.41, 5.74) is 0. The van der Waals surface area contributed by atoms with E-state index in [4.69, 9.17) is 1.37 Å². The van der Waals surface area contributed by atoms with E-state index in [9.17, 15) is 4.79 Å². The Bertz CT molecular complexity index is 105. The predicted molar refractivity (Wildman–Crippen MR) is 26.8 cm³/mol. The van der Waals surface area contributed by atoms with Crippen LogP contribution in [0.15, 0.2) is 0 Å². The van der Waals surface area contributed by atoms with Gasteiger partial charge in [0.05, 0.1) is 0 Å². The van der Waals surface area contributed by atoms with Gasteiger partial charge in [-0.05, 0) is 13.3 Å². The summed E-state index contributed by atoms with van der Waals surface area (Å²) >= 11 is 0. The van der Waals surface area contributed by atoms with E-state index in [2.05, 4.69) is 5.32 Å². The number of amides is 1. The number of hydrogen-bond donors (Lipinski definition) is 1. The molecule has 1 N–H and O–H groups in total. The maximum absolute atomic E-state index is 10.4. The number of hydrogen-bond acceptors (Lipinski definition) is 1. The van der Waals surface area contributed by atoms with Gasteiger partial charge in [0.25, 0.3) is 0 Å². The van der Waals surface area contributed by atoms with Crippen molar-refractivity contribution in [2.75, 3.05) is 0 Å². The molecule has 0 radical (unpaired) electrons. The van der Waals surface area contributed by atoms with Crippen molar-refractivity contribution in [1.29, 1.82) is 0 Å². The lowest BCUT2D eigenvalue weighted by Gasteiger charge is -1.95. The predicted octanol–water partition coefficient (Wildman–Crippen LogP) is 0.285. The van der Waals surface area contributed by atoms with Crippen molar-refractivity contribution in [3.8, 4) is 0 Å². The van der Waals surface area contributed by atoms with Crippen LogP contribution in [0, 0.1) is 0 Å². The molecule has 0 unspecified atom stereocenters. The second kappa shape index (κ2) is 1.52. The zero-order chi connectivity index (χ0) is 5.98. The van der Waals surface area contributed by atoms with Gasteiger partial charge in [-0.15, -0.1) is 0 Å². The standard InChI is InChI=1S/C5H9NO/c1-4-2-3-5(7)6-4/h4H,2-3H2,1H3,(H,6,7)/t4-/m1/s1/i1T. The molecular formula is C5H9NO. The van der Waals surface area contributed by atoms with Crippen LogP contribution in [0.5, 0.6) is 0 Å². The van der Waals surface area contributed by atoms with E-state index in [1.165, 1.54) is 0 Å². The van der Waals surface area contributed by atoms with Crippen LogP contribution in [0.4, 0.5) is 0 Å². The van der Waals surface area contributed by atoms with Crippen molar-refractivity contribution < 1.29 is 6.17 Å². The third kappa shape index (κ3) is 0.918. The molecule has 0 spiro atoms. The van der Waals surface area contributed by atoms with Crippen LogP contribution < -0.4 is 5.32 Å². The molecule has 1 heterocycles. The topological polar surface area (TPSA) is 29.1 Å². The van der Waals surface area contributed by atoms with E-state index < -0.39 is 0 Å². The van der Waals surface area contributed by atoms with Gasteiger partial charge >= 0.3 is 0 Å². The highest BCUT2D eigenvalue weighted by atomic mass is 16.1. The molecule has 1 fully saturated rings. The summed E-state index contributed by atoms with van der Waals surface area (Å²) in [7, 11) is 0. The number of carbonyl (C=O) groups is 1. The second-order valence-corrected chi connectivity index (χ2v) is 1.80. The minimum Gasteiger partial charge on any atom is -0.354 e. The van der Waals surface area contributed by atoms with Crippen molar-refractivity contribution in [2.45, 2.75) is 25.8 Å². The summed E-state index contributed by atoms with van der Waals surface area (Å²) in [4.78, 5) is 10.4. The fourth-order valence-electron chi connectivity index (χ4n) is 0.677. The van der Waals surface area contributed by atoms with Crippen molar-refractivity contribution in [3.63, 3.8) is 0 Å². The van der Waals surface area contributed by atoms with Gasteiger partial charge in [-0.25, -0.2) is 0 Å². The highest BCUT2D eigenvalue weighted by Crippen LogP contribution is 2.03. The van der Waals surface area contributed by atoms with Crippen molar-refractivity contribution in [1.82, 2.24) is 5.32 Å². The Labute approximate surface area is 44.3 Å². The van der Waals surface area contributed by atoms with Gasteiger partial charge in [0.1, 0.15) is 0 Å². The normalized spacial score (nSPS) is 32.3. The first-order valence-corrected chi connectivity index (χ1v) is 2.41. The van der Waals surface area contributed by atoms with Crippen molar-refractivity contribution in [3.05, 3.63) is 0 Å². The Kier molecular flexibility index (Phi) is 0.755. The smallest absolute Gasteiger partial charge is 0.220 e. The fraction of sp³-hybridized carbons (Fsp3) is 0.800. The van der Waals surface area contributed by atoms with Gasteiger partial charge in [-0.1, -0.05) is 0 Å². The van der Waals surface area contributed by atoms with E-state index in [0.717, 1.165) is 6.42 Å². The van der Waals surface area contributed by atoms with Crippen LogP contribution in [0.2, 0.25) is 0 Å². The van der Waals surface area contributed by atoms with Gasteiger partial charge < -0.3 is 5.32 Å². The lowest BCUT2D eigenvalue weighted by molar-refractivity contribution is -0.119. The van der Waals surface area contributed by atoms with Gasteiger partial charge in [0.15, 0.2) is 0 Å². The zero-order valence-corrected chi connectivity index (χ0v) is 4.11. The molecule has 1 amide bonds. The van der Waals surface area contributed by atoms with Crippen LogP contribution in [-0.4, -0.2) is 11.9 Å². The molecule has 0 aliphatic carbocycles. The summed E-state index contributed by atoms with van der Waals surface area (Å²) in [5, 5.41) is 2.68. The molecule has 0 bridgehead atoms. The molecule has 1 rings (SSSR count). The lowest BCUT2D eigenvalue weighted by Crippen LogP contribution is -2.21. The SMILES string of the molecule is [3H]C[C@@H]1CCC(=O)N1. The summed E-state index contributed by atoms with van der Waals surface area (Å²) in [5.74, 6) is 0.0993. The van der Waals surface area contributed by atoms with Crippen LogP contribution in [0.25, 0.3) is 0 Å². The van der Waals surface area contributed by atoms with Crippen molar-refractivity contribution in [2.24, 2.45) is 0 Å². The number of rotatable bonds is 0. The quantitative estimate of drug-likeness (QED) is 0.466. The van der Waals surface area contributed by atoms with E-state index >= 15 is 0 Å². The maximum Gasteiger partial charge on any atom is 0.220 e. The highest BCUT2D eigenvalue weighted by Gasteiger charge is 2.14. The third-order valence-corrected chi connectivity index (χ3v) is 1.08. The van der Waals surface area contributed by atoms with Crippen LogP contribution in [0.3, 0.4) is 0 Å². The van der Waals surface area contributed by atoms with Gasteiger partial charge in [-0.3, -0.25) is 4.79 Å². The summed E-state index contributed by atoms with van der Waals surface area (Å²) in [6, 6.07) is 0.141. The third-order valence-electron chi connectivity index (χ3n) is 1.08. The minimum absolute atomic E-state index is 0.0993. The first-order valence-electron chi connectivity index (χ1n) is 3.12. The van der Waals surface area contributed by atoms with Crippen molar-refractivity contribution >= 4 is 5.91 Å². The molecule has 1 saturated heterocycles. The highest BCUT2D eigenvalue weighted by molar-refractivity contribution is 5.78. The monoisotopic (exact) mass is 101 g/mol. The maximum atomic E-state index is 10.4. The van der Waals surface area contributed by atoms with Crippen LogP contribution in [0.1, 0.15) is 21.1 Å². The Balaban J connectivity index is 2.32. The largest absolute Gasteiger partial charge is 0.354 e.